The van der Waals surface area contributed by atoms with Crippen LogP contribution < -0.4 is 4.90 Å². The molecule has 1 amide bonds. The van der Waals surface area contributed by atoms with E-state index in [0.29, 0.717) is 62.5 Å². The number of amides is 1. The van der Waals surface area contributed by atoms with Crippen LogP contribution in [0.1, 0.15) is 30.4 Å². The van der Waals surface area contributed by atoms with E-state index in [2.05, 4.69) is 9.64 Å². The first kappa shape index (κ1) is 29.6. The van der Waals surface area contributed by atoms with Crippen LogP contribution in [0.25, 0.3) is 0 Å². The molecule has 0 N–H and O–H groups in total. The molecular weight excluding hydrogens is 547 g/mol. The lowest BCUT2D eigenvalue weighted by Gasteiger charge is -2.42. The number of hydrogen-bond donors (Lipinski definition) is 0. The molecule has 4 rings (SSSR count). The van der Waals surface area contributed by atoms with Gasteiger partial charge in [-0.2, -0.15) is 39.5 Å². The van der Waals surface area contributed by atoms with Crippen LogP contribution in [0, 0.1) is 0 Å². The Morgan fingerprint density at radius 2 is 1.44 bits per heavy atom. The van der Waals surface area contributed by atoms with Gasteiger partial charge in [0.05, 0.1) is 31.7 Å². The summed E-state index contributed by atoms with van der Waals surface area (Å²) >= 11 is 0. The van der Waals surface area contributed by atoms with Gasteiger partial charge in [0.25, 0.3) is 6.10 Å². The van der Waals surface area contributed by atoms with E-state index in [1.165, 1.54) is 12.1 Å². The van der Waals surface area contributed by atoms with Crippen molar-refractivity contribution in [1.82, 2.24) is 9.80 Å². The van der Waals surface area contributed by atoms with Crippen molar-refractivity contribution in [3.63, 3.8) is 0 Å². The molecule has 6 nitrogen and oxygen atoms in total. The van der Waals surface area contributed by atoms with Gasteiger partial charge in [0.1, 0.15) is 0 Å². The van der Waals surface area contributed by atoms with Gasteiger partial charge in [0.15, 0.2) is 6.67 Å². The molecule has 1 spiro atoms. The molecule has 0 unspecified atom stereocenters. The van der Waals surface area contributed by atoms with Crippen LogP contribution in [0.4, 0.5) is 50.0 Å². The van der Waals surface area contributed by atoms with Gasteiger partial charge >= 0.3 is 24.6 Å². The summed E-state index contributed by atoms with van der Waals surface area (Å²) < 4.78 is 121. The number of carbonyl (C=O) groups is 1. The summed E-state index contributed by atoms with van der Waals surface area (Å²) in [4.78, 5) is 17.1. The van der Waals surface area contributed by atoms with E-state index >= 15 is 0 Å². The topological polar surface area (TPSA) is 36.0 Å². The SMILES string of the molecule is O=C(OC(C(F)(F)F)C(F)(F)F)N1CC[N+]2(CCN(Cc3ccc(C(F)(F)F)cc3N3CCCCC3)CC2)C1. The number of ether oxygens (including phenoxy) is 1. The number of alkyl halides is 9. The quantitative estimate of drug-likeness (QED) is 0.363. The van der Waals surface area contributed by atoms with Gasteiger partial charge < -0.3 is 14.1 Å². The van der Waals surface area contributed by atoms with Gasteiger partial charge in [-0.05, 0) is 37.0 Å². The van der Waals surface area contributed by atoms with E-state index in [0.717, 1.165) is 35.8 Å². The minimum Gasteiger partial charge on any atom is -0.426 e. The number of benzene rings is 1. The number of carbonyl (C=O) groups excluding carboxylic acids is 1. The van der Waals surface area contributed by atoms with Crippen LogP contribution in [0.15, 0.2) is 18.2 Å². The first-order valence-electron chi connectivity index (χ1n) is 12.7. The lowest BCUT2D eigenvalue weighted by atomic mass is 10.0. The predicted octanol–water partition coefficient (Wildman–Crippen LogP) is 5.23. The minimum atomic E-state index is -5.78. The van der Waals surface area contributed by atoms with Crippen LogP contribution in [-0.4, -0.2) is 97.9 Å². The largest absolute Gasteiger partial charge is 0.434 e. The Morgan fingerprint density at radius 3 is 2.00 bits per heavy atom. The van der Waals surface area contributed by atoms with Gasteiger partial charge in [-0.25, -0.2) is 4.79 Å². The summed E-state index contributed by atoms with van der Waals surface area (Å²) in [5, 5.41) is 0. The maximum Gasteiger partial charge on any atom is 0.434 e. The zero-order valence-electron chi connectivity index (χ0n) is 21.0. The highest BCUT2D eigenvalue weighted by atomic mass is 19.4. The predicted molar refractivity (Wildman–Crippen MR) is 122 cm³/mol. The fourth-order valence-electron chi connectivity index (χ4n) is 5.48. The molecule has 3 heterocycles. The second kappa shape index (κ2) is 10.9. The summed E-state index contributed by atoms with van der Waals surface area (Å²) in [6, 6.07) is 3.76. The summed E-state index contributed by atoms with van der Waals surface area (Å²) in [7, 11) is 0. The van der Waals surface area contributed by atoms with Crippen molar-refractivity contribution in [3.8, 4) is 0 Å². The normalized spacial score (nSPS) is 21.2. The molecule has 0 bridgehead atoms. The third-order valence-electron chi connectivity index (χ3n) is 7.67. The minimum absolute atomic E-state index is 0.0424. The number of halogens is 9. The zero-order valence-corrected chi connectivity index (χ0v) is 21.0. The molecule has 0 aliphatic carbocycles. The maximum absolute atomic E-state index is 13.4. The number of anilines is 1. The lowest BCUT2D eigenvalue weighted by molar-refractivity contribution is -0.924. The van der Waals surface area contributed by atoms with E-state index in [9.17, 15) is 44.3 Å². The molecule has 3 aliphatic rings. The van der Waals surface area contributed by atoms with Crippen molar-refractivity contribution in [3.05, 3.63) is 29.3 Å². The molecule has 220 valence electrons. The van der Waals surface area contributed by atoms with Crippen LogP contribution in [0.5, 0.6) is 0 Å². The Labute approximate surface area is 219 Å². The second-order valence-corrected chi connectivity index (χ2v) is 10.4. The number of piperazine rings is 1. The van der Waals surface area contributed by atoms with Crippen molar-refractivity contribution >= 4 is 11.8 Å². The molecule has 0 aromatic heterocycles. The Hall–Kier alpha value is -2.42. The van der Waals surface area contributed by atoms with Gasteiger partial charge in [-0.3, -0.25) is 9.80 Å². The van der Waals surface area contributed by atoms with Crippen molar-refractivity contribution in [2.24, 2.45) is 0 Å². The lowest BCUT2D eigenvalue weighted by Crippen LogP contribution is -2.59. The van der Waals surface area contributed by atoms with E-state index in [1.54, 1.807) is 0 Å². The number of quaternary nitrogens is 1. The van der Waals surface area contributed by atoms with Crippen LogP contribution in [0.2, 0.25) is 0 Å². The highest BCUT2D eigenvalue weighted by Gasteiger charge is 2.60. The fourth-order valence-corrected chi connectivity index (χ4v) is 5.48. The van der Waals surface area contributed by atoms with Crippen LogP contribution in [0.3, 0.4) is 0 Å². The average molecular weight is 578 g/mol. The molecule has 3 saturated heterocycles. The van der Waals surface area contributed by atoms with Gasteiger partial charge in [-0.1, -0.05) is 6.07 Å². The first-order valence-corrected chi connectivity index (χ1v) is 12.7. The van der Waals surface area contributed by atoms with Crippen molar-refractivity contribution in [2.45, 2.75) is 50.4 Å². The number of hydrogen-bond acceptors (Lipinski definition) is 4. The zero-order chi connectivity index (χ0) is 28.6. The fraction of sp³-hybridized carbons (Fsp3) is 0.708. The Kier molecular flexibility index (Phi) is 8.23. The Balaban J connectivity index is 1.38. The van der Waals surface area contributed by atoms with Crippen molar-refractivity contribution < 1.29 is 53.5 Å². The third kappa shape index (κ3) is 7.02. The summed E-state index contributed by atoms with van der Waals surface area (Å²) in [5.74, 6) is 0. The molecule has 15 heteroatoms. The Morgan fingerprint density at radius 1 is 0.846 bits per heavy atom. The Bertz CT molecular complexity index is 1000. The standard InChI is InChI=1S/C24H30F9N4O2/c25-22(26,27)18-5-4-17(19(14-18)35-6-2-1-3-7-35)15-34-8-11-37(12-9-34)13-10-36(16-37)21(38)39-20(23(28,29)30)24(31,32)33/h4-5,14,20H,1-3,6-13,15-16H2/q+1. The molecule has 0 radical (unpaired) electrons. The summed E-state index contributed by atoms with van der Waals surface area (Å²) in [6.45, 7) is 3.92. The first-order chi connectivity index (χ1) is 18.1. The monoisotopic (exact) mass is 577 g/mol. The molecule has 1 aromatic rings. The maximum atomic E-state index is 13.4. The van der Waals surface area contributed by atoms with E-state index in [-0.39, 0.29) is 13.2 Å². The molecule has 39 heavy (non-hydrogen) atoms. The van der Waals surface area contributed by atoms with Gasteiger partial charge in [0, 0.05) is 38.4 Å². The van der Waals surface area contributed by atoms with Crippen molar-refractivity contribution in [1.29, 1.82) is 0 Å². The second-order valence-electron chi connectivity index (χ2n) is 10.4. The average Bonchev–Trinajstić information content (AvgIpc) is 3.26. The van der Waals surface area contributed by atoms with Crippen molar-refractivity contribution in [2.75, 3.05) is 63.9 Å². The highest BCUT2D eigenvalue weighted by molar-refractivity contribution is 5.68. The van der Waals surface area contributed by atoms with Crippen LogP contribution in [-0.2, 0) is 17.5 Å². The molecule has 0 saturated carbocycles. The summed E-state index contributed by atoms with van der Waals surface area (Å²) in [5.41, 5.74) is 0.602. The van der Waals surface area contributed by atoms with E-state index in [4.69, 9.17) is 0 Å². The molecule has 3 fully saturated rings. The number of nitrogens with zero attached hydrogens (tertiary/aromatic N) is 4. The number of rotatable bonds is 4. The molecule has 0 atom stereocenters. The molecule has 3 aliphatic heterocycles. The van der Waals surface area contributed by atoms with E-state index < -0.39 is 36.3 Å². The van der Waals surface area contributed by atoms with Gasteiger partial charge in [0.2, 0.25) is 0 Å². The van der Waals surface area contributed by atoms with Crippen LogP contribution >= 0.6 is 0 Å². The smallest absolute Gasteiger partial charge is 0.426 e. The summed E-state index contributed by atoms with van der Waals surface area (Å²) in [6.07, 6.45) is -19.1. The molecular formula is C24H30F9N4O2+. The van der Waals surface area contributed by atoms with Gasteiger partial charge in [-0.15, -0.1) is 0 Å². The molecule has 1 aromatic carbocycles. The third-order valence-corrected chi connectivity index (χ3v) is 7.67. The number of piperidine rings is 1. The van der Waals surface area contributed by atoms with E-state index in [1.807, 2.05) is 4.90 Å². The highest BCUT2D eigenvalue weighted by Crippen LogP contribution is 2.37.